The molecule has 0 saturated carbocycles. The van der Waals surface area contributed by atoms with Crippen molar-refractivity contribution in [3.8, 4) is 5.88 Å². The van der Waals surface area contributed by atoms with Gasteiger partial charge in [0.2, 0.25) is 5.76 Å². The van der Waals surface area contributed by atoms with Gasteiger partial charge in [0.25, 0.3) is 11.8 Å². The first-order chi connectivity index (χ1) is 8.78. The van der Waals surface area contributed by atoms with Crippen LogP contribution in [-0.4, -0.2) is 34.8 Å². The lowest BCUT2D eigenvalue weighted by molar-refractivity contribution is -0.138. The topological polar surface area (TPSA) is 102 Å². The Balaban J connectivity index is 2.84. The predicted octanol–water partition coefficient (Wildman–Crippen LogP) is 1.30. The second-order valence-electron chi connectivity index (χ2n) is 4.83. The molecular weight excluding hydrogens is 252 g/mol. The van der Waals surface area contributed by atoms with Crippen LogP contribution in [0.2, 0.25) is 0 Å². The van der Waals surface area contributed by atoms with E-state index in [0.29, 0.717) is 0 Å². The molecule has 0 aliphatic carbocycles. The molecule has 0 aromatic carbocycles. The summed E-state index contributed by atoms with van der Waals surface area (Å²) in [5, 5.41) is 15.1. The van der Waals surface area contributed by atoms with Crippen LogP contribution in [0.5, 0.6) is 5.88 Å². The van der Waals surface area contributed by atoms with Gasteiger partial charge in [0.15, 0.2) is 0 Å². The molecule has 1 atom stereocenters. The second kappa shape index (κ2) is 5.73. The highest BCUT2D eigenvalue weighted by molar-refractivity contribution is 5.92. The van der Waals surface area contributed by atoms with E-state index in [0.717, 1.165) is 0 Å². The number of aromatic nitrogens is 1. The van der Waals surface area contributed by atoms with E-state index in [1.54, 1.807) is 6.92 Å². The first-order valence-electron chi connectivity index (χ1n) is 5.83. The van der Waals surface area contributed by atoms with Gasteiger partial charge in [-0.15, -0.1) is 0 Å². The van der Waals surface area contributed by atoms with Crippen molar-refractivity contribution in [1.29, 1.82) is 0 Å². The molecule has 0 spiro atoms. The van der Waals surface area contributed by atoms with Crippen LogP contribution in [0.15, 0.2) is 10.6 Å². The molecule has 0 bridgehead atoms. The molecule has 1 unspecified atom stereocenters. The maximum atomic E-state index is 12.0. The van der Waals surface area contributed by atoms with Crippen LogP contribution >= 0.6 is 0 Å². The van der Waals surface area contributed by atoms with Gasteiger partial charge in [0.05, 0.1) is 25.1 Å². The Morgan fingerprint density at radius 3 is 2.63 bits per heavy atom. The molecule has 0 aliphatic heterocycles. The van der Waals surface area contributed by atoms with Crippen molar-refractivity contribution in [2.75, 3.05) is 7.11 Å². The molecule has 106 valence electrons. The highest BCUT2D eigenvalue weighted by Gasteiger charge is 2.34. The van der Waals surface area contributed by atoms with Crippen LogP contribution in [0.25, 0.3) is 0 Å². The van der Waals surface area contributed by atoms with Crippen molar-refractivity contribution < 1.29 is 24.0 Å². The summed E-state index contributed by atoms with van der Waals surface area (Å²) < 4.78 is 9.62. The number of nitrogens with zero attached hydrogens (tertiary/aromatic N) is 1. The lowest BCUT2D eigenvalue weighted by Crippen LogP contribution is -2.51. The second-order valence-corrected chi connectivity index (χ2v) is 4.83. The van der Waals surface area contributed by atoms with Crippen molar-refractivity contribution in [3.63, 3.8) is 0 Å². The number of methoxy groups -OCH3 is 1. The fourth-order valence-corrected chi connectivity index (χ4v) is 1.49. The molecule has 0 fully saturated rings. The number of carboxylic acids is 1. The largest absolute Gasteiger partial charge is 0.481 e. The van der Waals surface area contributed by atoms with Gasteiger partial charge in [-0.05, 0) is 18.0 Å². The SMILES string of the molecule is COc1cc(C(=O)NC(C)(CC(=O)O)C(C)C)on1. The summed E-state index contributed by atoms with van der Waals surface area (Å²) in [6.45, 7) is 5.35. The molecule has 1 aromatic heterocycles. The number of amides is 1. The summed E-state index contributed by atoms with van der Waals surface area (Å²) in [5.74, 6) is -1.39. The molecule has 2 N–H and O–H groups in total. The molecule has 7 nitrogen and oxygen atoms in total. The fraction of sp³-hybridized carbons (Fsp3) is 0.583. The highest BCUT2D eigenvalue weighted by Crippen LogP contribution is 2.22. The lowest BCUT2D eigenvalue weighted by atomic mass is 9.85. The first-order valence-corrected chi connectivity index (χ1v) is 5.83. The summed E-state index contributed by atoms with van der Waals surface area (Å²) in [7, 11) is 1.40. The Kier molecular flexibility index (Phi) is 4.52. The molecule has 19 heavy (non-hydrogen) atoms. The maximum Gasteiger partial charge on any atom is 0.305 e. The van der Waals surface area contributed by atoms with E-state index in [1.807, 2.05) is 13.8 Å². The third-order valence-corrected chi connectivity index (χ3v) is 3.11. The third-order valence-electron chi connectivity index (χ3n) is 3.11. The minimum Gasteiger partial charge on any atom is -0.481 e. The monoisotopic (exact) mass is 270 g/mol. The van der Waals surface area contributed by atoms with Gasteiger partial charge >= 0.3 is 5.97 Å². The van der Waals surface area contributed by atoms with Gasteiger partial charge in [-0.3, -0.25) is 9.59 Å². The molecule has 7 heteroatoms. The smallest absolute Gasteiger partial charge is 0.305 e. The average Bonchev–Trinajstić information content (AvgIpc) is 2.75. The molecule has 1 amide bonds. The quantitative estimate of drug-likeness (QED) is 0.808. The van der Waals surface area contributed by atoms with Crippen LogP contribution in [0.1, 0.15) is 37.7 Å². The van der Waals surface area contributed by atoms with E-state index in [9.17, 15) is 9.59 Å². The first kappa shape index (κ1) is 15.0. The fourth-order valence-electron chi connectivity index (χ4n) is 1.49. The van der Waals surface area contributed by atoms with Crippen LogP contribution in [0.4, 0.5) is 0 Å². The van der Waals surface area contributed by atoms with Crippen LogP contribution in [-0.2, 0) is 4.79 Å². The number of hydrogen-bond donors (Lipinski definition) is 2. The number of rotatable bonds is 6. The average molecular weight is 270 g/mol. The van der Waals surface area contributed by atoms with E-state index in [2.05, 4.69) is 10.5 Å². The van der Waals surface area contributed by atoms with E-state index in [4.69, 9.17) is 14.4 Å². The standard InChI is InChI=1S/C12H18N2O5/c1-7(2)12(3,6-10(15)16)13-11(17)8-5-9(18-4)14-19-8/h5,7H,6H2,1-4H3,(H,13,17)(H,15,16). The lowest BCUT2D eigenvalue weighted by Gasteiger charge is -2.32. The maximum absolute atomic E-state index is 12.0. The van der Waals surface area contributed by atoms with Gasteiger partial charge in [-0.2, -0.15) is 0 Å². The zero-order valence-corrected chi connectivity index (χ0v) is 11.4. The minimum absolute atomic E-state index is 0.0193. The van der Waals surface area contributed by atoms with Crippen LogP contribution in [0, 0.1) is 5.92 Å². The highest BCUT2D eigenvalue weighted by atomic mass is 16.5. The molecule has 1 heterocycles. The van der Waals surface area contributed by atoms with Crippen LogP contribution in [0.3, 0.4) is 0 Å². The van der Waals surface area contributed by atoms with E-state index in [-0.39, 0.29) is 24.0 Å². The molecule has 1 aromatic rings. The van der Waals surface area contributed by atoms with Gasteiger partial charge in [-0.25, -0.2) is 0 Å². The zero-order valence-electron chi connectivity index (χ0n) is 11.4. The number of nitrogens with one attached hydrogen (secondary N) is 1. The summed E-state index contributed by atoms with van der Waals surface area (Å²) >= 11 is 0. The Morgan fingerprint density at radius 2 is 2.21 bits per heavy atom. The summed E-state index contributed by atoms with van der Waals surface area (Å²) in [4.78, 5) is 22.9. The summed E-state index contributed by atoms with van der Waals surface area (Å²) in [6, 6.07) is 1.34. The Bertz CT molecular complexity index is 468. The van der Waals surface area contributed by atoms with Gasteiger partial charge in [-0.1, -0.05) is 13.8 Å². The Morgan fingerprint density at radius 1 is 1.58 bits per heavy atom. The zero-order chi connectivity index (χ0) is 14.6. The molecular formula is C12H18N2O5. The number of ether oxygens (including phenoxy) is 1. The number of carbonyl (C=O) groups is 2. The predicted molar refractivity (Wildman–Crippen MR) is 66.0 cm³/mol. The third kappa shape index (κ3) is 3.70. The van der Waals surface area contributed by atoms with Crippen molar-refractivity contribution in [2.24, 2.45) is 5.92 Å². The molecule has 0 saturated heterocycles. The van der Waals surface area contributed by atoms with E-state index < -0.39 is 17.4 Å². The summed E-state index contributed by atoms with van der Waals surface area (Å²) in [5.41, 5.74) is -0.872. The van der Waals surface area contributed by atoms with E-state index in [1.165, 1.54) is 13.2 Å². The van der Waals surface area contributed by atoms with E-state index >= 15 is 0 Å². The van der Waals surface area contributed by atoms with Gasteiger partial charge in [0.1, 0.15) is 0 Å². The summed E-state index contributed by atoms with van der Waals surface area (Å²) in [6.07, 6.45) is -0.179. The van der Waals surface area contributed by atoms with Gasteiger partial charge < -0.3 is 19.7 Å². The molecule has 1 rings (SSSR count). The minimum atomic E-state index is -0.980. The van der Waals surface area contributed by atoms with Crippen molar-refractivity contribution >= 4 is 11.9 Å². The Labute approximate surface area is 110 Å². The van der Waals surface area contributed by atoms with Crippen LogP contribution < -0.4 is 10.1 Å². The molecule has 0 radical (unpaired) electrons. The number of carbonyl (C=O) groups excluding carboxylic acids is 1. The van der Waals surface area contributed by atoms with Gasteiger partial charge in [0, 0.05) is 0 Å². The number of carboxylic acid groups (broad SMARTS) is 1. The van der Waals surface area contributed by atoms with Crippen molar-refractivity contribution in [1.82, 2.24) is 10.5 Å². The normalized spacial score (nSPS) is 13.9. The number of hydrogen-bond acceptors (Lipinski definition) is 5. The Hall–Kier alpha value is -2.05. The van der Waals surface area contributed by atoms with Crippen molar-refractivity contribution in [3.05, 3.63) is 11.8 Å². The van der Waals surface area contributed by atoms with Crippen molar-refractivity contribution in [2.45, 2.75) is 32.7 Å². The molecule has 0 aliphatic rings. The number of aliphatic carboxylic acids is 1.